The zero-order valence-electron chi connectivity index (χ0n) is 15.7. The van der Waals surface area contributed by atoms with E-state index in [0.717, 1.165) is 43.0 Å². The summed E-state index contributed by atoms with van der Waals surface area (Å²) < 4.78 is 25.1. The van der Waals surface area contributed by atoms with Gasteiger partial charge < -0.3 is 10.6 Å². The van der Waals surface area contributed by atoms with Crippen LogP contribution in [0.25, 0.3) is 0 Å². The number of aryl methyl sites for hydroxylation is 1. The summed E-state index contributed by atoms with van der Waals surface area (Å²) in [6.45, 7) is 4.60. The summed E-state index contributed by atoms with van der Waals surface area (Å²) in [6.07, 6.45) is 2.90. The van der Waals surface area contributed by atoms with E-state index in [1.165, 1.54) is 6.26 Å². The Morgan fingerprint density at radius 3 is 2.70 bits per heavy atom. The van der Waals surface area contributed by atoms with Gasteiger partial charge in [0.2, 0.25) is 5.91 Å². The third-order valence-electron chi connectivity index (χ3n) is 4.78. The second-order valence-electron chi connectivity index (χ2n) is 6.90. The fourth-order valence-electron chi connectivity index (χ4n) is 3.25. The largest absolute Gasteiger partial charge is 0.349 e. The van der Waals surface area contributed by atoms with Gasteiger partial charge in [-0.25, -0.2) is 8.42 Å². The molecule has 2 heterocycles. The van der Waals surface area contributed by atoms with Crippen LogP contribution in [-0.2, 0) is 34.1 Å². The molecule has 27 heavy (non-hydrogen) atoms. The van der Waals surface area contributed by atoms with E-state index in [9.17, 15) is 13.2 Å². The lowest BCUT2D eigenvalue weighted by atomic mass is 10.0. The van der Waals surface area contributed by atoms with Gasteiger partial charge in [0.05, 0.1) is 28.9 Å². The molecule has 0 fully saturated rings. The van der Waals surface area contributed by atoms with Gasteiger partial charge in [-0.15, -0.1) is 0 Å². The van der Waals surface area contributed by atoms with Crippen molar-refractivity contribution in [3.05, 3.63) is 47.3 Å². The second kappa shape index (κ2) is 8.22. The molecule has 1 atom stereocenters. The Balaban J connectivity index is 1.57. The summed E-state index contributed by atoms with van der Waals surface area (Å²) in [6, 6.07) is 8.63. The van der Waals surface area contributed by atoms with Gasteiger partial charge in [0.25, 0.3) is 0 Å². The number of amides is 1. The minimum atomic E-state index is -3.22. The third-order valence-corrected chi connectivity index (χ3v) is 5.91. The Morgan fingerprint density at radius 1 is 1.33 bits per heavy atom. The fourth-order valence-corrected chi connectivity index (χ4v) is 3.88. The number of benzene rings is 1. The van der Waals surface area contributed by atoms with Gasteiger partial charge in [-0.05, 0) is 30.2 Å². The SMILES string of the molecule is CC[C@H](NC(=O)CCc1cc2n(n1)CCNC2)c1ccc(S(C)(=O)=O)cc1. The number of carbonyl (C=O) groups is 1. The van der Waals surface area contributed by atoms with E-state index in [1.807, 2.05) is 11.6 Å². The predicted octanol–water partition coefficient (Wildman–Crippen LogP) is 1.59. The second-order valence-corrected chi connectivity index (χ2v) is 8.91. The first-order valence-electron chi connectivity index (χ1n) is 9.22. The van der Waals surface area contributed by atoms with E-state index in [2.05, 4.69) is 21.8 Å². The maximum atomic E-state index is 12.4. The number of fused-ring (bicyclic) bond motifs is 1. The van der Waals surface area contributed by atoms with Crippen LogP contribution in [0.4, 0.5) is 0 Å². The molecule has 146 valence electrons. The first-order chi connectivity index (χ1) is 12.9. The van der Waals surface area contributed by atoms with E-state index in [4.69, 9.17) is 0 Å². The van der Waals surface area contributed by atoms with Crippen LogP contribution in [0.2, 0.25) is 0 Å². The maximum Gasteiger partial charge on any atom is 0.220 e. The number of hydrogen-bond acceptors (Lipinski definition) is 5. The zero-order valence-corrected chi connectivity index (χ0v) is 16.6. The van der Waals surface area contributed by atoms with Gasteiger partial charge in [-0.2, -0.15) is 5.10 Å². The molecule has 0 unspecified atom stereocenters. The lowest BCUT2D eigenvalue weighted by molar-refractivity contribution is -0.121. The minimum Gasteiger partial charge on any atom is -0.349 e. The van der Waals surface area contributed by atoms with Crippen LogP contribution in [-0.4, -0.2) is 36.9 Å². The zero-order chi connectivity index (χ0) is 19.4. The highest BCUT2D eigenvalue weighted by Crippen LogP contribution is 2.19. The van der Waals surface area contributed by atoms with E-state index >= 15 is 0 Å². The van der Waals surface area contributed by atoms with Crippen LogP contribution in [0.1, 0.15) is 42.8 Å². The lowest BCUT2D eigenvalue weighted by Crippen LogP contribution is -2.28. The molecule has 1 amide bonds. The monoisotopic (exact) mass is 390 g/mol. The summed E-state index contributed by atoms with van der Waals surface area (Å²) in [5.74, 6) is -0.0295. The highest BCUT2D eigenvalue weighted by atomic mass is 32.2. The number of sulfone groups is 1. The topological polar surface area (TPSA) is 93.1 Å². The van der Waals surface area contributed by atoms with Crippen molar-refractivity contribution in [2.75, 3.05) is 12.8 Å². The van der Waals surface area contributed by atoms with Gasteiger partial charge >= 0.3 is 0 Å². The molecule has 1 aliphatic heterocycles. The van der Waals surface area contributed by atoms with Gasteiger partial charge in [0, 0.05) is 32.2 Å². The number of rotatable bonds is 7. The van der Waals surface area contributed by atoms with Crippen LogP contribution in [0.15, 0.2) is 35.2 Å². The van der Waals surface area contributed by atoms with Crippen LogP contribution in [0, 0.1) is 0 Å². The minimum absolute atomic E-state index is 0.0295. The van der Waals surface area contributed by atoms with Crippen LogP contribution >= 0.6 is 0 Å². The Labute approximate surface area is 160 Å². The molecular weight excluding hydrogens is 364 g/mol. The van der Waals surface area contributed by atoms with E-state index in [-0.39, 0.29) is 16.8 Å². The van der Waals surface area contributed by atoms with Gasteiger partial charge in [-0.1, -0.05) is 19.1 Å². The first-order valence-corrected chi connectivity index (χ1v) is 11.1. The lowest BCUT2D eigenvalue weighted by Gasteiger charge is -2.17. The van der Waals surface area contributed by atoms with Crippen molar-refractivity contribution < 1.29 is 13.2 Å². The first kappa shape index (κ1) is 19.6. The van der Waals surface area contributed by atoms with Gasteiger partial charge in [0.1, 0.15) is 0 Å². The molecule has 1 aliphatic rings. The van der Waals surface area contributed by atoms with Gasteiger partial charge in [-0.3, -0.25) is 9.48 Å². The van der Waals surface area contributed by atoms with Crippen molar-refractivity contribution in [2.24, 2.45) is 0 Å². The standard InChI is InChI=1S/C19H26N4O3S/c1-3-18(14-4-7-17(8-5-14)27(2,25)26)21-19(24)9-6-15-12-16-13-20-10-11-23(16)22-15/h4-5,7-8,12,18,20H,3,6,9-11,13H2,1-2H3,(H,21,24)/t18-/m0/s1. The van der Waals surface area contributed by atoms with Crippen molar-refractivity contribution in [3.63, 3.8) is 0 Å². The Bertz CT molecular complexity index is 880. The molecule has 3 rings (SSSR count). The molecule has 0 saturated carbocycles. The number of aromatic nitrogens is 2. The van der Waals surface area contributed by atoms with Crippen molar-refractivity contribution in [1.29, 1.82) is 0 Å². The quantitative estimate of drug-likeness (QED) is 0.749. The average molecular weight is 391 g/mol. The van der Waals surface area contributed by atoms with Crippen molar-refractivity contribution in [2.45, 2.75) is 50.2 Å². The van der Waals surface area contributed by atoms with E-state index in [0.29, 0.717) is 12.8 Å². The Morgan fingerprint density at radius 2 is 2.07 bits per heavy atom. The maximum absolute atomic E-state index is 12.4. The number of hydrogen-bond donors (Lipinski definition) is 2. The van der Waals surface area contributed by atoms with E-state index < -0.39 is 9.84 Å². The number of nitrogens with one attached hydrogen (secondary N) is 2. The molecule has 0 aliphatic carbocycles. The Hall–Kier alpha value is -2.19. The van der Waals surface area contributed by atoms with Crippen LogP contribution in [0.5, 0.6) is 0 Å². The van der Waals surface area contributed by atoms with E-state index in [1.54, 1.807) is 24.3 Å². The van der Waals surface area contributed by atoms with Crippen molar-refractivity contribution >= 4 is 15.7 Å². The summed E-state index contributed by atoms with van der Waals surface area (Å²) in [4.78, 5) is 12.7. The summed E-state index contributed by atoms with van der Waals surface area (Å²) in [5, 5.41) is 10.9. The molecule has 2 N–H and O–H groups in total. The van der Waals surface area contributed by atoms with Crippen molar-refractivity contribution in [1.82, 2.24) is 20.4 Å². The predicted molar refractivity (Wildman–Crippen MR) is 103 cm³/mol. The number of nitrogens with zero attached hydrogens (tertiary/aromatic N) is 2. The average Bonchev–Trinajstić information content (AvgIpc) is 3.07. The number of carbonyl (C=O) groups excluding carboxylic acids is 1. The molecule has 7 nitrogen and oxygen atoms in total. The normalized spacial score (nSPS) is 15.2. The van der Waals surface area contributed by atoms with Crippen LogP contribution < -0.4 is 10.6 Å². The molecule has 2 aromatic rings. The molecule has 1 aromatic heterocycles. The summed E-state index contributed by atoms with van der Waals surface area (Å²) in [5.41, 5.74) is 3.00. The molecule has 0 spiro atoms. The molecule has 0 radical (unpaired) electrons. The summed E-state index contributed by atoms with van der Waals surface area (Å²) in [7, 11) is -3.22. The summed E-state index contributed by atoms with van der Waals surface area (Å²) >= 11 is 0. The third kappa shape index (κ3) is 4.95. The molecule has 1 aromatic carbocycles. The van der Waals surface area contributed by atoms with Gasteiger partial charge in [0.15, 0.2) is 9.84 Å². The Kier molecular flexibility index (Phi) is 5.96. The molecular formula is C19H26N4O3S. The fraction of sp³-hybridized carbons (Fsp3) is 0.474. The van der Waals surface area contributed by atoms with Crippen molar-refractivity contribution in [3.8, 4) is 0 Å². The highest BCUT2D eigenvalue weighted by Gasteiger charge is 2.16. The van der Waals surface area contributed by atoms with Crippen LogP contribution in [0.3, 0.4) is 0 Å². The molecule has 8 heteroatoms. The molecule has 0 bridgehead atoms. The highest BCUT2D eigenvalue weighted by molar-refractivity contribution is 7.90. The smallest absolute Gasteiger partial charge is 0.220 e. The molecule has 0 saturated heterocycles.